The minimum absolute atomic E-state index is 0.729. The van der Waals surface area contributed by atoms with Gasteiger partial charge in [0.05, 0.1) is 5.52 Å². The van der Waals surface area contributed by atoms with Crippen molar-refractivity contribution in [2.45, 2.75) is 25.0 Å². The smallest absolute Gasteiger partial charge is 0.211 e. The molecule has 5 aromatic rings. The number of thioether (sulfide) groups is 1. The summed E-state index contributed by atoms with van der Waals surface area (Å²) in [6, 6.07) is 27.5. The van der Waals surface area contributed by atoms with E-state index in [0.717, 1.165) is 45.9 Å². The normalized spacial score (nSPS) is 11.4. The fourth-order valence-corrected chi connectivity index (χ4v) is 4.52. The zero-order valence-corrected chi connectivity index (χ0v) is 17.6. The van der Waals surface area contributed by atoms with Crippen LogP contribution in [-0.2, 0) is 13.0 Å². The van der Waals surface area contributed by atoms with Crippen molar-refractivity contribution in [3.05, 3.63) is 95.6 Å². The Labute approximate surface area is 180 Å². The number of rotatable bonds is 6. The fraction of sp³-hybridized carbons (Fsp3) is 0.160. The molecule has 5 rings (SSSR count). The van der Waals surface area contributed by atoms with Crippen molar-refractivity contribution in [3.63, 3.8) is 0 Å². The van der Waals surface area contributed by atoms with Crippen LogP contribution in [0.3, 0.4) is 0 Å². The van der Waals surface area contributed by atoms with Crippen molar-refractivity contribution in [3.8, 4) is 0 Å². The predicted octanol–water partition coefficient (Wildman–Crippen LogP) is 5.67. The third kappa shape index (κ3) is 3.81. The SMILES string of the molecule is Cc1ccc2c(c1)c1nnc(SCCc3ccccc3)nc1n2Cc1ccccc1. The van der Waals surface area contributed by atoms with E-state index in [9.17, 15) is 0 Å². The van der Waals surface area contributed by atoms with Crippen LogP contribution in [0, 0.1) is 6.92 Å². The lowest BCUT2D eigenvalue weighted by Gasteiger charge is -2.07. The van der Waals surface area contributed by atoms with Crippen molar-refractivity contribution in [2.24, 2.45) is 0 Å². The third-order valence-corrected chi connectivity index (χ3v) is 6.09. The Bertz CT molecular complexity index is 1300. The van der Waals surface area contributed by atoms with Crippen molar-refractivity contribution in [1.82, 2.24) is 19.7 Å². The van der Waals surface area contributed by atoms with E-state index in [1.54, 1.807) is 11.8 Å². The molecule has 0 aliphatic heterocycles. The summed E-state index contributed by atoms with van der Waals surface area (Å²) in [5.41, 5.74) is 6.70. The van der Waals surface area contributed by atoms with Crippen LogP contribution in [0.5, 0.6) is 0 Å². The first kappa shape index (κ1) is 18.8. The minimum atomic E-state index is 0.729. The number of nitrogens with zero attached hydrogens (tertiary/aromatic N) is 4. The summed E-state index contributed by atoms with van der Waals surface area (Å²) in [5, 5.41) is 10.9. The molecule has 0 N–H and O–H groups in total. The van der Waals surface area contributed by atoms with Gasteiger partial charge in [0, 0.05) is 17.7 Å². The number of hydrogen-bond acceptors (Lipinski definition) is 4. The molecule has 148 valence electrons. The van der Waals surface area contributed by atoms with E-state index in [-0.39, 0.29) is 0 Å². The van der Waals surface area contributed by atoms with Gasteiger partial charge in [-0.05, 0) is 36.6 Å². The Morgan fingerprint density at radius 3 is 2.33 bits per heavy atom. The zero-order chi connectivity index (χ0) is 20.3. The second kappa shape index (κ2) is 8.28. The van der Waals surface area contributed by atoms with Crippen LogP contribution in [0.25, 0.3) is 22.1 Å². The van der Waals surface area contributed by atoms with Crippen LogP contribution >= 0.6 is 11.8 Å². The van der Waals surface area contributed by atoms with Crippen molar-refractivity contribution >= 4 is 33.8 Å². The molecule has 3 aromatic carbocycles. The standard InChI is InChI=1S/C25H22N4S/c1-18-12-13-22-21(16-18)23-24(29(22)17-20-10-6-3-7-11-20)26-25(28-27-23)30-15-14-19-8-4-2-5-9-19/h2-13,16H,14-15,17H2,1H3. The molecule has 2 heterocycles. The highest BCUT2D eigenvalue weighted by Crippen LogP contribution is 2.29. The van der Waals surface area contributed by atoms with Crippen LogP contribution in [0.2, 0.25) is 0 Å². The van der Waals surface area contributed by atoms with E-state index < -0.39 is 0 Å². The predicted molar refractivity (Wildman–Crippen MR) is 124 cm³/mol. The van der Waals surface area contributed by atoms with Gasteiger partial charge in [0.2, 0.25) is 5.16 Å². The molecule has 5 heteroatoms. The molecule has 0 aliphatic rings. The lowest BCUT2D eigenvalue weighted by molar-refractivity contribution is 0.814. The van der Waals surface area contributed by atoms with Gasteiger partial charge in [-0.2, -0.15) is 0 Å². The van der Waals surface area contributed by atoms with Gasteiger partial charge in [-0.15, -0.1) is 10.2 Å². The highest BCUT2D eigenvalue weighted by molar-refractivity contribution is 7.99. The van der Waals surface area contributed by atoms with Crippen molar-refractivity contribution in [1.29, 1.82) is 0 Å². The Hall–Kier alpha value is -3.18. The molecule has 0 spiro atoms. The molecule has 0 aliphatic carbocycles. The molecule has 4 nitrogen and oxygen atoms in total. The van der Waals surface area contributed by atoms with Gasteiger partial charge >= 0.3 is 0 Å². The summed E-state index contributed by atoms with van der Waals surface area (Å²) in [7, 11) is 0. The van der Waals surface area contributed by atoms with Crippen LogP contribution in [0.15, 0.2) is 84.0 Å². The second-order valence-corrected chi connectivity index (χ2v) is 8.51. The molecule has 0 amide bonds. The maximum atomic E-state index is 4.92. The third-order valence-electron chi connectivity index (χ3n) is 5.25. The van der Waals surface area contributed by atoms with Gasteiger partial charge in [-0.25, -0.2) is 4.98 Å². The summed E-state index contributed by atoms with van der Waals surface area (Å²) in [6.07, 6.45) is 0.985. The molecular formula is C25H22N4S. The van der Waals surface area contributed by atoms with Crippen LogP contribution in [0.1, 0.15) is 16.7 Å². The molecule has 2 aromatic heterocycles. The maximum absolute atomic E-state index is 4.92. The van der Waals surface area contributed by atoms with E-state index in [4.69, 9.17) is 4.98 Å². The average Bonchev–Trinajstić information content (AvgIpc) is 3.07. The molecule has 0 bridgehead atoms. The Morgan fingerprint density at radius 1 is 0.833 bits per heavy atom. The van der Waals surface area contributed by atoms with E-state index in [1.807, 2.05) is 12.1 Å². The zero-order valence-electron chi connectivity index (χ0n) is 16.8. The lowest BCUT2D eigenvalue weighted by atomic mass is 10.1. The van der Waals surface area contributed by atoms with Crippen LogP contribution in [-0.4, -0.2) is 25.5 Å². The highest BCUT2D eigenvalue weighted by atomic mass is 32.2. The molecule has 0 atom stereocenters. The first-order valence-electron chi connectivity index (χ1n) is 10.1. The molecule has 0 fully saturated rings. The fourth-order valence-electron chi connectivity index (χ4n) is 3.75. The number of aryl methyl sites for hydroxylation is 2. The summed E-state index contributed by atoms with van der Waals surface area (Å²) >= 11 is 1.66. The van der Waals surface area contributed by atoms with Gasteiger partial charge in [0.25, 0.3) is 0 Å². The first-order valence-corrected chi connectivity index (χ1v) is 11.1. The van der Waals surface area contributed by atoms with Gasteiger partial charge in [-0.3, -0.25) is 0 Å². The quantitative estimate of drug-likeness (QED) is 0.338. The van der Waals surface area contributed by atoms with Gasteiger partial charge in [0.15, 0.2) is 5.65 Å². The number of benzene rings is 3. The minimum Gasteiger partial charge on any atom is -0.319 e. The maximum Gasteiger partial charge on any atom is 0.211 e. The second-order valence-electron chi connectivity index (χ2n) is 7.44. The Balaban J connectivity index is 1.51. The summed E-state index contributed by atoms with van der Waals surface area (Å²) < 4.78 is 2.26. The molecule has 0 saturated heterocycles. The summed E-state index contributed by atoms with van der Waals surface area (Å²) in [4.78, 5) is 4.92. The first-order chi connectivity index (χ1) is 14.8. The number of hydrogen-bond donors (Lipinski definition) is 0. The van der Waals surface area contributed by atoms with Gasteiger partial charge < -0.3 is 4.57 Å². The summed E-state index contributed by atoms with van der Waals surface area (Å²) in [6.45, 7) is 2.87. The van der Waals surface area contributed by atoms with E-state index in [0.29, 0.717) is 0 Å². The largest absolute Gasteiger partial charge is 0.319 e. The van der Waals surface area contributed by atoms with Gasteiger partial charge in [0.1, 0.15) is 5.52 Å². The lowest BCUT2D eigenvalue weighted by Crippen LogP contribution is -2.02. The molecule has 0 radical (unpaired) electrons. The van der Waals surface area contributed by atoms with Crippen LogP contribution < -0.4 is 0 Å². The molecule has 0 saturated carbocycles. The molecule has 0 unspecified atom stereocenters. The van der Waals surface area contributed by atoms with E-state index in [2.05, 4.69) is 88.4 Å². The monoisotopic (exact) mass is 410 g/mol. The Morgan fingerprint density at radius 2 is 1.57 bits per heavy atom. The topological polar surface area (TPSA) is 43.6 Å². The number of aromatic nitrogens is 4. The highest BCUT2D eigenvalue weighted by Gasteiger charge is 2.15. The molecular weight excluding hydrogens is 388 g/mol. The van der Waals surface area contributed by atoms with E-state index in [1.165, 1.54) is 16.7 Å². The average molecular weight is 411 g/mol. The Kier molecular flexibility index (Phi) is 5.20. The molecule has 30 heavy (non-hydrogen) atoms. The van der Waals surface area contributed by atoms with Crippen molar-refractivity contribution in [2.75, 3.05) is 5.75 Å². The van der Waals surface area contributed by atoms with Crippen molar-refractivity contribution < 1.29 is 0 Å². The number of fused-ring (bicyclic) bond motifs is 3. The van der Waals surface area contributed by atoms with Gasteiger partial charge in [-0.1, -0.05) is 84.1 Å². The van der Waals surface area contributed by atoms with E-state index >= 15 is 0 Å². The van der Waals surface area contributed by atoms with Crippen LogP contribution in [0.4, 0.5) is 0 Å². The summed E-state index contributed by atoms with van der Waals surface area (Å²) in [5.74, 6) is 0.926.